The molecule has 0 bridgehead atoms. The summed E-state index contributed by atoms with van der Waals surface area (Å²) in [6.07, 6.45) is 5.40. The van der Waals surface area contributed by atoms with Crippen LogP contribution >= 0.6 is 0 Å². The van der Waals surface area contributed by atoms with Crippen LogP contribution in [0.1, 0.15) is 33.1 Å². The van der Waals surface area contributed by atoms with Crippen molar-refractivity contribution in [2.24, 2.45) is 5.73 Å². The average molecular weight is 113 g/mol. The predicted molar refractivity (Wildman–Crippen MR) is 37.5 cm³/mol. The fraction of sp³-hybridized carbons (Fsp3) is 0.714. The Hall–Kier alpha value is -0.460. The molecule has 0 aromatic heterocycles. The van der Waals surface area contributed by atoms with Gasteiger partial charge in [-0.05, 0) is 12.8 Å². The molecule has 2 N–H and O–H groups in total. The van der Waals surface area contributed by atoms with Gasteiger partial charge in [0.15, 0.2) is 0 Å². The van der Waals surface area contributed by atoms with E-state index in [9.17, 15) is 0 Å². The van der Waals surface area contributed by atoms with Crippen molar-refractivity contribution in [2.45, 2.75) is 33.1 Å². The fourth-order valence-corrected chi connectivity index (χ4v) is 0.474. The van der Waals surface area contributed by atoms with E-state index in [1.54, 1.807) is 0 Å². The van der Waals surface area contributed by atoms with Gasteiger partial charge in [0.1, 0.15) is 0 Å². The van der Waals surface area contributed by atoms with E-state index >= 15 is 0 Å². The molecule has 0 radical (unpaired) electrons. The van der Waals surface area contributed by atoms with Crippen LogP contribution in [0.15, 0.2) is 11.8 Å². The zero-order valence-electron chi connectivity index (χ0n) is 5.78. The Kier molecular flexibility index (Phi) is 4.42. The largest absolute Gasteiger partial charge is 0.402 e. The third kappa shape index (κ3) is 3.72. The zero-order valence-corrected chi connectivity index (χ0v) is 5.78. The van der Waals surface area contributed by atoms with E-state index in [2.05, 4.69) is 19.9 Å². The highest BCUT2D eigenvalue weighted by atomic mass is 14.6. The Bertz CT molecular complexity index is 74.5. The molecule has 0 aromatic rings. The van der Waals surface area contributed by atoms with E-state index < -0.39 is 0 Å². The normalized spacial score (nSPS) is 12.0. The minimum atomic E-state index is 0.986. The molecule has 0 aliphatic carbocycles. The topological polar surface area (TPSA) is 26.0 Å². The molecule has 8 heavy (non-hydrogen) atoms. The molecule has 0 fully saturated rings. The van der Waals surface area contributed by atoms with Crippen LogP contribution in [0.3, 0.4) is 0 Å². The lowest BCUT2D eigenvalue weighted by molar-refractivity contribution is 0.927. The molecule has 0 rings (SSSR count). The maximum absolute atomic E-state index is 5.52. The molecular formula is C7H15N. The van der Waals surface area contributed by atoms with E-state index in [1.807, 2.05) is 0 Å². The first kappa shape index (κ1) is 7.54. The molecule has 0 atom stereocenters. The molecular weight excluding hydrogens is 98.1 g/mol. The average Bonchev–Trinajstić information content (AvgIpc) is 1.83. The minimum absolute atomic E-state index is 0.986. The Labute approximate surface area is 51.6 Å². The van der Waals surface area contributed by atoms with Crippen LogP contribution in [0.4, 0.5) is 0 Å². The number of hydrogen-bond acceptors (Lipinski definition) is 1. The Morgan fingerprint density at radius 3 is 2.50 bits per heavy atom. The number of rotatable bonds is 3. The van der Waals surface area contributed by atoms with Crippen LogP contribution < -0.4 is 5.73 Å². The van der Waals surface area contributed by atoms with Gasteiger partial charge in [-0.1, -0.05) is 26.3 Å². The van der Waals surface area contributed by atoms with Crippen LogP contribution in [0.2, 0.25) is 0 Å². The Morgan fingerprint density at radius 2 is 2.12 bits per heavy atom. The highest BCUT2D eigenvalue weighted by Gasteiger charge is 1.80. The van der Waals surface area contributed by atoms with Crippen molar-refractivity contribution < 1.29 is 0 Å². The lowest BCUT2D eigenvalue weighted by atomic mass is 10.2. The van der Waals surface area contributed by atoms with Crippen LogP contribution in [-0.4, -0.2) is 0 Å². The second kappa shape index (κ2) is 4.69. The van der Waals surface area contributed by atoms with Gasteiger partial charge in [-0.15, -0.1) is 0 Å². The van der Waals surface area contributed by atoms with Crippen LogP contribution in [-0.2, 0) is 0 Å². The van der Waals surface area contributed by atoms with Crippen LogP contribution in [0.5, 0.6) is 0 Å². The van der Waals surface area contributed by atoms with Crippen molar-refractivity contribution in [1.82, 2.24) is 0 Å². The van der Waals surface area contributed by atoms with Gasteiger partial charge in [-0.25, -0.2) is 0 Å². The second-order valence-corrected chi connectivity index (χ2v) is 1.92. The van der Waals surface area contributed by atoms with Crippen molar-refractivity contribution in [3.05, 3.63) is 11.8 Å². The highest BCUT2D eigenvalue weighted by Crippen LogP contribution is 1.95. The molecule has 0 aliphatic heterocycles. The van der Waals surface area contributed by atoms with Gasteiger partial charge in [0, 0.05) is 5.70 Å². The molecule has 0 saturated heterocycles. The van der Waals surface area contributed by atoms with Gasteiger partial charge in [0.05, 0.1) is 0 Å². The van der Waals surface area contributed by atoms with Crippen molar-refractivity contribution in [2.75, 3.05) is 0 Å². The van der Waals surface area contributed by atoms with Gasteiger partial charge >= 0.3 is 0 Å². The maximum Gasteiger partial charge on any atom is 0.00371 e. The van der Waals surface area contributed by atoms with E-state index in [1.165, 1.54) is 6.42 Å². The first-order valence-electron chi connectivity index (χ1n) is 3.25. The van der Waals surface area contributed by atoms with Gasteiger partial charge in [-0.3, -0.25) is 0 Å². The summed E-state index contributed by atoms with van der Waals surface area (Å²) in [5, 5.41) is 0. The van der Waals surface area contributed by atoms with Crippen molar-refractivity contribution in [3.63, 3.8) is 0 Å². The molecule has 0 saturated carbocycles. The number of allylic oxidation sites excluding steroid dienone is 2. The summed E-state index contributed by atoms with van der Waals surface area (Å²) in [5.41, 5.74) is 6.54. The first-order valence-corrected chi connectivity index (χ1v) is 3.25. The number of nitrogens with two attached hydrogens (primary N) is 1. The molecule has 1 heteroatoms. The summed E-state index contributed by atoms with van der Waals surface area (Å²) in [6.45, 7) is 4.22. The van der Waals surface area contributed by atoms with E-state index in [4.69, 9.17) is 5.73 Å². The fourth-order valence-electron chi connectivity index (χ4n) is 0.474. The van der Waals surface area contributed by atoms with Crippen LogP contribution in [0.25, 0.3) is 0 Å². The van der Waals surface area contributed by atoms with Crippen molar-refractivity contribution in [3.8, 4) is 0 Å². The standard InChI is InChI=1S/C7H15N/c1-3-5-6-7(8)4-2/h6H,3-5,8H2,1-2H3/b7-6-. The highest BCUT2D eigenvalue weighted by molar-refractivity contribution is 4.94. The summed E-state index contributed by atoms with van der Waals surface area (Å²) < 4.78 is 0. The third-order valence-electron chi connectivity index (χ3n) is 1.10. The second-order valence-electron chi connectivity index (χ2n) is 1.92. The van der Waals surface area contributed by atoms with Crippen molar-refractivity contribution >= 4 is 0 Å². The summed E-state index contributed by atoms with van der Waals surface area (Å²) in [5.74, 6) is 0. The zero-order chi connectivity index (χ0) is 6.41. The third-order valence-corrected chi connectivity index (χ3v) is 1.10. The van der Waals surface area contributed by atoms with Gasteiger partial charge in [0.2, 0.25) is 0 Å². The molecule has 0 amide bonds. The molecule has 0 aromatic carbocycles. The molecule has 0 aliphatic rings. The molecule has 0 spiro atoms. The van der Waals surface area contributed by atoms with Gasteiger partial charge in [0.25, 0.3) is 0 Å². The molecule has 0 heterocycles. The van der Waals surface area contributed by atoms with Gasteiger partial charge < -0.3 is 5.73 Å². The minimum Gasteiger partial charge on any atom is -0.402 e. The maximum atomic E-state index is 5.52. The monoisotopic (exact) mass is 113 g/mol. The molecule has 0 unspecified atom stereocenters. The lowest BCUT2D eigenvalue weighted by Crippen LogP contribution is -1.93. The van der Waals surface area contributed by atoms with E-state index in [0.717, 1.165) is 18.5 Å². The molecule has 1 nitrogen and oxygen atoms in total. The number of unbranched alkanes of at least 4 members (excludes halogenated alkanes) is 1. The first-order chi connectivity index (χ1) is 3.81. The molecule has 48 valence electrons. The SMILES string of the molecule is CCC/C=C(\N)CC. The lowest BCUT2D eigenvalue weighted by Gasteiger charge is -1.91. The van der Waals surface area contributed by atoms with Crippen molar-refractivity contribution in [1.29, 1.82) is 0 Å². The summed E-state index contributed by atoms with van der Waals surface area (Å²) in [4.78, 5) is 0. The van der Waals surface area contributed by atoms with E-state index in [-0.39, 0.29) is 0 Å². The van der Waals surface area contributed by atoms with Crippen LogP contribution in [0, 0.1) is 0 Å². The number of hydrogen-bond donors (Lipinski definition) is 1. The van der Waals surface area contributed by atoms with E-state index in [0.29, 0.717) is 0 Å². The Morgan fingerprint density at radius 1 is 1.50 bits per heavy atom. The predicted octanol–water partition coefficient (Wildman–Crippen LogP) is 2.04. The Balaban J connectivity index is 3.26. The summed E-state index contributed by atoms with van der Waals surface area (Å²) in [7, 11) is 0. The summed E-state index contributed by atoms with van der Waals surface area (Å²) in [6, 6.07) is 0. The smallest absolute Gasteiger partial charge is 0.00371 e. The van der Waals surface area contributed by atoms with Gasteiger partial charge in [-0.2, -0.15) is 0 Å². The quantitative estimate of drug-likeness (QED) is 0.595. The summed E-state index contributed by atoms with van der Waals surface area (Å²) >= 11 is 0.